The monoisotopic (exact) mass is 228 g/mol. The second-order valence-corrected chi connectivity index (χ2v) is 3.25. The van der Waals surface area contributed by atoms with Gasteiger partial charge in [0.15, 0.2) is 0 Å². The van der Waals surface area contributed by atoms with Gasteiger partial charge in [0, 0.05) is 19.5 Å². The van der Waals surface area contributed by atoms with E-state index >= 15 is 0 Å². The first-order valence-corrected chi connectivity index (χ1v) is 5.09. The molecule has 16 heavy (non-hydrogen) atoms. The summed E-state index contributed by atoms with van der Waals surface area (Å²) >= 11 is 0. The Morgan fingerprint density at radius 3 is 2.81 bits per heavy atom. The van der Waals surface area contributed by atoms with Gasteiger partial charge in [0.2, 0.25) is 5.91 Å². The summed E-state index contributed by atoms with van der Waals surface area (Å²) in [5, 5.41) is 5.28. The van der Waals surface area contributed by atoms with Gasteiger partial charge in [-0.2, -0.15) is 0 Å². The minimum atomic E-state index is -0.530. The summed E-state index contributed by atoms with van der Waals surface area (Å²) in [6.07, 6.45) is 0.226. The fraction of sp³-hybridized carbons (Fsp3) is 0.364. The molecular weight excluding hydrogens is 214 g/mol. The van der Waals surface area contributed by atoms with Crippen LogP contribution in [0.3, 0.4) is 0 Å². The molecule has 0 aromatic heterocycles. The van der Waals surface area contributed by atoms with E-state index in [9.17, 15) is 13.6 Å². The molecule has 3 nitrogen and oxygen atoms in total. The van der Waals surface area contributed by atoms with Crippen LogP contribution in [0.15, 0.2) is 18.2 Å². The molecule has 0 saturated heterocycles. The number of benzene rings is 1. The first kappa shape index (κ1) is 12.4. The van der Waals surface area contributed by atoms with Crippen molar-refractivity contribution in [3.63, 3.8) is 0 Å². The molecule has 2 N–H and O–H groups in total. The number of anilines is 1. The van der Waals surface area contributed by atoms with Crippen molar-refractivity contribution >= 4 is 11.6 Å². The first-order chi connectivity index (χ1) is 7.63. The van der Waals surface area contributed by atoms with E-state index in [0.717, 1.165) is 18.2 Å². The van der Waals surface area contributed by atoms with E-state index in [1.54, 1.807) is 0 Å². The maximum atomic E-state index is 13.1. The fourth-order valence-corrected chi connectivity index (χ4v) is 1.23. The number of amides is 1. The SMILES string of the molecule is CCNC(=O)CCNc1cc(F)ccc1F. The maximum absolute atomic E-state index is 13.1. The lowest BCUT2D eigenvalue weighted by atomic mass is 10.3. The van der Waals surface area contributed by atoms with Crippen molar-refractivity contribution < 1.29 is 13.6 Å². The average molecular weight is 228 g/mol. The number of hydrogen-bond acceptors (Lipinski definition) is 2. The molecule has 0 spiro atoms. The van der Waals surface area contributed by atoms with Crippen LogP contribution < -0.4 is 10.6 Å². The molecule has 88 valence electrons. The first-order valence-electron chi connectivity index (χ1n) is 5.09. The predicted molar refractivity (Wildman–Crippen MR) is 58.1 cm³/mol. The zero-order valence-corrected chi connectivity index (χ0v) is 9.02. The molecule has 0 saturated carbocycles. The number of carbonyl (C=O) groups is 1. The Bertz CT molecular complexity index is 369. The molecule has 0 bridgehead atoms. The molecule has 1 aromatic carbocycles. The molecule has 0 aliphatic heterocycles. The molecule has 0 fully saturated rings. The molecule has 0 heterocycles. The number of rotatable bonds is 5. The molecule has 0 atom stereocenters. The van der Waals surface area contributed by atoms with Crippen molar-refractivity contribution in [2.75, 3.05) is 18.4 Å². The number of hydrogen-bond donors (Lipinski definition) is 2. The van der Waals surface area contributed by atoms with Crippen LogP contribution >= 0.6 is 0 Å². The molecule has 0 unspecified atom stereocenters. The number of carbonyl (C=O) groups excluding carboxylic acids is 1. The van der Waals surface area contributed by atoms with Crippen LogP contribution in [0.4, 0.5) is 14.5 Å². The van der Waals surface area contributed by atoms with Gasteiger partial charge in [0.25, 0.3) is 0 Å². The molecular formula is C11H14F2N2O. The van der Waals surface area contributed by atoms with Crippen molar-refractivity contribution in [1.29, 1.82) is 0 Å². The lowest BCUT2D eigenvalue weighted by Gasteiger charge is -2.07. The van der Waals surface area contributed by atoms with Crippen LogP contribution in [0.2, 0.25) is 0 Å². The fourth-order valence-electron chi connectivity index (χ4n) is 1.23. The van der Waals surface area contributed by atoms with Gasteiger partial charge in [-0.15, -0.1) is 0 Å². The van der Waals surface area contributed by atoms with E-state index in [2.05, 4.69) is 10.6 Å². The Morgan fingerprint density at radius 2 is 2.12 bits per heavy atom. The summed E-state index contributed by atoms with van der Waals surface area (Å²) < 4.78 is 25.9. The summed E-state index contributed by atoms with van der Waals surface area (Å²) in [5.74, 6) is -1.16. The van der Waals surface area contributed by atoms with Crippen LogP contribution in [-0.2, 0) is 4.79 Å². The molecule has 0 aliphatic carbocycles. The van der Waals surface area contributed by atoms with Crippen molar-refractivity contribution in [2.24, 2.45) is 0 Å². The van der Waals surface area contributed by atoms with E-state index < -0.39 is 11.6 Å². The normalized spacial score (nSPS) is 9.94. The molecule has 1 rings (SSSR count). The Morgan fingerprint density at radius 1 is 1.38 bits per heavy atom. The lowest BCUT2D eigenvalue weighted by Crippen LogP contribution is -2.24. The van der Waals surface area contributed by atoms with Gasteiger partial charge in [-0.3, -0.25) is 4.79 Å². The van der Waals surface area contributed by atoms with Gasteiger partial charge >= 0.3 is 0 Å². The second-order valence-electron chi connectivity index (χ2n) is 3.25. The van der Waals surface area contributed by atoms with E-state index in [-0.39, 0.29) is 24.6 Å². The highest BCUT2D eigenvalue weighted by molar-refractivity contribution is 5.76. The van der Waals surface area contributed by atoms with Crippen LogP contribution in [-0.4, -0.2) is 19.0 Å². The van der Waals surface area contributed by atoms with E-state index in [4.69, 9.17) is 0 Å². The van der Waals surface area contributed by atoms with Gasteiger partial charge < -0.3 is 10.6 Å². The third-order valence-electron chi connectivity index (χ3n) is 1.97. The molecule has 1 amide bonds. The minimum absolute atomic E-state index is 0.0734. The maximum Gasteiger partial charge on any atom is 0.221 e. The largest absolute Gasteiger partial charge is 0.382 e. The van der Waals surface area contributed by atoms with Crippen molar-refractivity contribution in [1.82, 2.24) is 5.32 Å². The van der Waals surface area contributed by atoms with E-state index in [1.807, 2.05) is 6.92 Å². The molecule has 5 heteroatoms. The van der Waals surface area contributed by atoms with E-state index in [1.165, 1.54) is 0 Å². The van der Waals surface area contributed by atoms with Crippen molar-refractivity contribution in [3.8, 4) is 0 Å². The van der Waals surface area contributed by atoms with Crippen LogP contribution in [0.1, 0.15) is 13.3 Å². The summed E-state index contributed by atoms with van der Waals surface area (Å²) in [4.78, 5) is 11.1. The van der Waals surface area contributed by atoms with Crippen LogP contribution in [0.25, 0.3) is 0 Å². The van der Waals surface area contributed by atoms with Gasteiger partial charge in [0.05, 0.1) is 5.69 Å². The molecule has 1 aromatic rings. The van der Waals surface area contributed by atoms with E-state index in [0.29, 0.717) is 6.54 Å². The molecule has 0 aliphatic rings. The van der Waals surface area contributed by atoms with Gasteiger partial charge in [-0.1, -0.05) is 0 Å². The highest BCUT2D eigenvalue weighted by Gasteiger charge is 2.04. The third kappa shape index (κ3) is 3.84. The second kappa shape index (κ2) is 6.05. The zero-order valence-electron chi connectivity index (χ0n) is 9.02. The minimum Gasteiger partial charge on any atom is -0.382 e. The Kier molecular flexibility index (Phi) is 4.69. The van der Waals surface area contributed by atoms with Gasteiger partial charge in [-0.05, 0) is 25.1 Å². The number of nitrogens with one attached hydrogen (secondary N) is 2. The van der Waals surface area contributed by atoms with Gasteiger partial charge in [-0.25, -0.2) is 8.78 Å². The summed E-state index contributed by atoms with van der Waals surface area (Å²) in [6, 6.07) is 3.15. The van der Waals surface area contributed by atoms with Crippen molar-refractivity contribution in [2.45, 2.75) is 13.3 Å². The third-order valence-corrected chi connectivity index (χ3v) is 1.97. The topological polar surface area (TPSA) is 41.1 Å². The Hall–Kier alpha value is -1.65. The summed E-state index contributed by atoms with van der Waals surface area (Å²) in [6.45, 7) is 2.65. The van der Waals surface area contributed by atoms with Crippen molar-refractivity contribution in [3.05, 3.63) is 29.8 Å². The van der Waals surface area contributed by atoms with Crippen LogP contribution in [0, 0.1) is 11.6 Å². The number of halogens is 2. The standard InChI is InChI=1S/C11H14F2N2O/c1-2-14-11(16)5-6-15-10-7-8(12)3-4-9(10)13/h3-4,7,15H,2,5-6H2,1H3,(H,14,16). The quantitative estimate of drug-likeness (QED) is 0.808. The highest BCUT2D eigenvalue weighted by Crippen LogP contribution is 2.14. The smallest absolute Gasteiger partial charge is 0.221 e. The van der Waals surface area contributed by atoms with Crippen LogP contribution in [0.5, 0.6) is 0 Å². The Balaban J connectivity index is 2.42. The lowest BCUT2D eigenvalue weighted by molar-refractivity contribution is -0.120. The summed E-state index contributed by atoms with van der Waals surface area (Å²) in [5.41, 5.74) is 0.0734. The Labute approximate surface area is 92.8 Å². The zero-order chi connectivity index (χ0) is 12.0. The average Bonchev–Trinajstić information content (AvgIpc) is 2.23. The predicted octanol–water partition coefficient (Wildman–Crippen LogP) is 1.90. The molecule has 0 radical (unpaired) electrons. The summed E-state index contributed by atoms with van der Waals surface area (Å²) in [7, 11) is 0. The van der Waals surface area contributed by atoms with Gasteiger partial charge in [0.1, 0.15) is 11.6 Å². The highest BCUT2D eigenvalue weighted by atomic mass is 19.1.